The standard InChI is InChI=1S/C19H20N2O4S/c1-12-3-2-7-20-16(12)17(22)21-8-5-19(6-9-21)13-11-15(18(23)24)26-14(13)4-10-25-19/h2-3,7,11H,4-6,8-10H2,1H3,(H,23,24). The number of carbonyl (C=O) groups excluding carboxylic acids is 1. The van der Waals surface area contributed by atoms with Gasteiger partial charge in [-0.15, -0.1) is 11.3 Å². The number of hydrogen-bond donors (Lipinski definition) is 1. The van der Waals surface area contributed by atoms with E-state index in [0.29, 0.717) is 43.1 Å². The third-order valence-electron chi connectivity index (χ3n) is 5.29. The molecule has 6 nitrogen and oxygen atoms in total. The van der Waals surface area contributed by atoms with Crippen LogP contribution in [0.4, 0.5) is 0 Å². The number of aromatic nitrogens is 1. The Morgan fingerprint density at radius 3 is 2.81 bits per heavy atom. The van der Waals surface area contributed by atoms with Crippen molar-refractivity contribution < 1.29 is 19.4 Å². The van der Waals surface area contributed by atoms with Gasteiger partial charge in [0.05, 0.1) is 12.2 Å². The quantitative estimate of drug-likeness (QED) is 0.877. The summed E-state index contributed by atoms with van der Waals surface area (Å²) in [6, 6.07) is 5.48. The van der Waals surface area contributed by atoms with E-state index in [2.05, 4.69) is 4.98 Å². The Bertz CT molecular complexity index is 868. The number of carboxylic acids is 1. The molecule has 7 heteroatoms. The fourth-order valence-corrected chi connectivity index (χ4v) is 4.94. The Morgan fingerprint density at radius 1 is 1.35 bits per heavy atom. The Balaban J connectivity index is 1.55. The predicted molar refractivity (Wildman–Crippen MR) is 96.7 cm³/mol. The van der Waals surface area contributed by atoms with E-state index in [1.54, 1.807) is 12.3 Å². The fourth-order valence-electron chi connectivity index (χ4n) is 3.87. The van der Waals surface area contributed by atoms with Crippen LogP contribution in [-0.2, 0) is 16.8 Å². The monoisotopic (exact) mass is 372 g/mol. The molecule has 0 aliphatic carbocycles. The van der Waals surface area contributed by atoms with Crippen molar-refractivity contribution in [1.82, 2.24) is 9.88 Å². The van der Waals surface area contributed by atoms with Crippen molar-refractivity contribution in [2.45, 2.75) is 31.8 Å². The number of likely N-dealkylation sites (tertiary alicyclic amines) is 1. The normalized spacial score (nSPS) is 18.6. The van der Waals surface area contributed by atoms with Gasteiger partial charge in [0, 0.05) is 30.6 Å². The second kappa shape index (κ2) is 6.48. The number of carboxylic acid groups (broad SMARTS) is 1. The van der Waals surface area contributed by atoms with Gasteiger partial charge in [-0.2, -0.15) is 0 Å². The highest BCUT2D eigenvalue weighted by Crippen LogP contribution is 2.44. The lowest BCUT2D eigenvalue weighted by Gasteiger charge is -2.44. The fraction of sp³-hybridized carbons (Fsp3) is 0.421. The van der Waals surface area contributed by atoms with E-state index in [4.69, 9.17) is 4.74 Å². The lowest BCUT2D eigenvalue weighted by Crippen LogP contribution is -2.48. The van der Waals surface area contributed by atoms with Crippen LogP contribution in [0.15, 0.2) is 24.4 Å². The van der Waals surface area contributed by atoms with E-state index in [1.807, 2.05) is 24.0 Å². The van der Waals surface area contributed by atoms with Crippen LogP contribution in [-0.4, -0.2) is 46.6 Å². The molecule has 26 heavy (non-hydrogen) atoms. The van der Waals surface area contributed by atoms with E-state index in [0.717, 1.165) is 22.4 Å². The molecular formula is C19H20N2O4S. The minimum atomic E-state index is -0.891. The van der Waals surface area contributed by atoms with Gasteiger partial charge >= 0.3 is 5.97 Å². The number of ether oxygens (including phenoxy) is 1. The molecule has 1 N–H and O–H groups in total. The highest BCUT2D eigenvalue weighted by molar-refractivity contribution is 7.14. The molecule has 0 atom stereocenters. The Morgan fingerprint density at radius 2 is 2.12 bits per heavy atom. The van der Waals surface area contributed by atoms with E-state index in [-0.39, 0.29) is 5.91 Å². The van der Waals surface area contributed by atoms with Crippen molar-refractivity contribution in [3.05, 3.63) is 51.0 Å². The molecule has 1 fully saturated rings. The second-order valence-corrected chi connectivity index (χ2v) is 7.94. The van der Waals surface area contributed by atoms with Gasteiger partial charge in [-0.3, -0.25) is 9.78 Å². The summed E-state index contributed by atoms with van der Waals surface area (Å²) in [6.07, 6.45) is 3.74. The summed E-state index contributed by atoms with van der Waals surface area (Å²) >= 11 is 1.35. The summed E-state index contributed by atoms with van der Waals surface area (Å²) in [5.41, 5.74) is 1.91. The molecule has 2 aromatic rings. The minimum absolute atomic E-state index is 0.0504. The Labute approximate surface area is 155 Å². The van der Waals surface area contributed by atoms with E-state index in [1.165, 1.54) is 11.3 Å². The molecule has 4 heterocycles. The van der Waals surface area contributed by atoms with Crippen molar-refractivity contribution in [1.29, 1.82) is 0 Å². The average Bonchev–Trinajstić information content (AvgIpc) is 3.09. The highest BCUT2D eigenvalue weighted by atomic mass is 32.1. The number of pyridine rings is 1. The molecule has 0 aromatic carbocycles. The molecule has 0 unspecified atom stereocenters. The van der Waals surface area contributed by atoms with E-state index >= 15 is 0 Å². The number of aryl methyl sites for hydroxylation is 1. The summed E-state index contributed by atoms with van der Waals surface area (Å²) in [5, 5.41) is 9.30. The molecule has 2 aromatic heterocycles. The second-order valence-electron chi connectivity index (χ2n) is 6.81. The van der Waals surface area contributed by atoms with Crippen molar-refractivity contribution in [3.8, 4) is 0 Å². The van der Waals surface area contributed by atoms with Gasteiger partial charge in [0.25, 0.3) is 5.91 Å². The van der Waals surface area contributed by atoms with Crippen LogP contribution in [0.5, 0.6) is 0 Å². The van der Waals surface area contributed by atoms with Gasteiger partial charge in [-0.25, -0.2) is 4.79 Å². The highest BCUT2D eigenvalue weighted by Gasteiger charge is 2.43. The van der Waals surface area contributed by atoms with Gasteiger partial charge < -0.3 is 14.7 Å². The molecule has 0 saturated carbocycles. The molecule has 0 bridgehead atoms. The summed E-state index contributed by atoms with van der Waals surface area (Å²) < 4.78 is 6.14. The third kappa shape index (κ3) is 2.81. The largest absolute Gasteiger partial charge is 0.477 e. The maximum absolute atomic E-state index is 12.8. The number of hydrogen-bond acceptors (Lipinski definition) is 5. The van der Waals surface area contributed by atoms with Crippen molar-refractivity contribution in [3.63, 3.8) is 0 Å². The molecule has 4 rings (SSSR count). The van der Waals surface area contributed by atoms with Crippen LogP contribution < -0.4 is 0 Å². The third-order valence-corrected chi connectivity index (χ3v) is 6.47. The van der Waals surface area contributed by atoms with E-state index < -0.39 is 11.6 Å². The minimum Gasteiger partial charge on any atom is -0.477 e. The first kappa shape index (κ1) is 17.2. The van der Waals surface area contributed by atoms with Crippen LogP contribution >= 0.6 is 11.3 Å². The van der Waals surface area contributed by atoms with Crippen molar-refractivity contribution in [2.24, 2.45) is 0 Å². The maximum atomic E-state index is 12.8. The van der Waals surface area contributed by atoms with Crippen LogP contribution in [0.1, 0.15) is 49.0 Å². The topological polar surface area (TPSA) is 79.7 Å². The molecule has 1 amide bonds. The zero-order valence-corrected chi connectivity index (χ0v) is 15.3. The van der Waals surface area contributed by atoms with Gasteiger partial charge in [0.1, 0.15) is 10.6 Å². The van der Waals surface area contributed by atoms with Gasteiger partial charge in [-0.05, 0) is 43.0 Å². The number of carbonyl (C=O) groups is 2. The first-order chi connectivity index (χ1) is 12.5. The van der Waals surface area contributed by atoms with Crippen LogP contribution in [0.3, 0.4) is 0 Å². The predicted octanol–water partition coefficient (Wildman–Crippen LogP) is 2.85. The summed E-state index contributed by atoms with van der Waals surface area (Å²) in [6.45, 7) is 3.64. The molecule has 0 radical (unpaired) electrons. The lowest BCUT2D eigenvalue weighted by atomic mass is 9.82. The van der Waals surface area contributed by atoms with Crippen LogP contribution in [0.25, 0.3) is 0 Å². The SMILES string of the molecule is Cc1cccnc1C(=O)N1CCC2(CC1)OCCc1sc(C(=O)O)cc12. The van der Waals surface area contributed by atoms with Gasteiger partial charge in [0.2, 0.25) is 0 Å². The summed E-state index contributed by atoms with van der Waals surface area (Å²) in [7, 11) is 0. The first-order valence-corrected chi connectivity index (χ1v) is 9.53. The maximum Gasteiger partial charge on any atom is 0.345 e. The van der Waals surface area contributed by atoms with Gasteiger partial charge in [-0.1, -0.05) is 6.07 Å². The number of amides is 1. The molecule has 1 saturated heterocycles. The van der Waals surface area contributed by atoms with E-state index in [9.17, 15) is 14.7 Å². The summed E-state index contributed by atoms with van der Waals surface area (Å²) in [4.78, 5) is 31.6. The number of rotatable bonds is 2. The molecule has 136 valence electrons. The van der Waals surface area contributed by atoms with Crippen molar-refractivity contribution >= 4 is 23.2 Å². The number of nitrogens with zero attached hydrogens (tertiary/aromatic N) is 2. The van der Waals surface area contributed by atoms with Crippen LogP contribution in [0, 0.1) is 6.92 Å². The molecule has 2 aliphatic rings. The smallest absolute Gasteiger partial charge is 0.345 e. The summed E-state index contributed by atoms with van der Waals surface area (Å²) in [5.74, 6) is -0.941. The number of piperidine rings is 1. The Hall–Kier alpha value is -2.25. The molecule has 2 aliphatic heterocycles. The lowest BCUT2D eigenvalue weighted by molar-refractivity contribution is -0.0927. The molecule has 1 spiro atoms. The number of aromatic carboxylic acids is 1. The zero-order valence-electron chi connectivity index (χ0n) is 14.5. The van der Waals surface area contributed by atoms with Crippen molar-refractivity contribution in [2.75, 3.05) is 19.7 Å². The Kier molecular flexibility index (Phi) is 4.28. The zero-order chi connectivity index (χ0) is 18.3. The number of thiophene rings is 1. The van der Waals surface area contributed by atoms with Crippen LogP contribution in [0.2, 0.25) is 0 Å². The first-order valence-electron chi connectivity index (χ1n) is 8.71. The average molecular weight is 372 g/mol. The van der Waals surface area contributed by atoms with Gasteiger partial charge in [0.15, 0.2) is 0 Å². The number of fused-ring (bicyclic) bond motifs is 2. The molecular weight excluding hydrogens is 352 g/mol.